The van der Waals surface area contributed by atoms with Crippen molar-refractivity contribution in [3.8, 4) is 5.75 Å². The second-order valence-corrected chi connectivity index (χ2v) is 5.83. The predicted molar refractivity (Wildman–Crippen MR) is 63.8 cm³/mol. The highest BCUT2D eigenvalue weighted by Crippen LogP contribution is 2.24. The van der Waals surface area contributed by atoms with Crippen LogP contribution in [0, 0.1) is 0 Å². The summed E-state index contributed by atoms with van der Waals surface area (Å²) in [5, 5.41) is 2.45. The van der Waals surface area contributed by atoms with E-state index < -0.39 is 9.05 Å². The van der Waals surface area contributed by atoms with Crippen LogP contribution < -0.4 is 10.1 Å². The quantitative estimate of drug-likeness (QED) is 0.831. The fourth-order valence-corrected chi connectivity index (χ4v) is 2.11. The van der Waals surface area contributed by atoms with Crippen LogP contribution in [-0.2, 0) is 20.3 Å². The van der Waals surface area contributed by atoms with Crippen molar-refractivity contribution in [3.05, 3.63) is 23.8 Å². The van der Waals surface area contributed by atoms with Crippen LogP contribution in [0.1, 0.15) is 5.56 Å². The highest BCUT2D eigenvalue weighted by atomic mass is 35.7. The van der Waals surface area contributed by atoms with Crippen molar-refractivity contribution in [1.29, 1.82) is 0 Å². The van der Waals surface area contributed by atoms with Crippen LogP contribution in [0.3, 0.4) is 0 Å². The molecule has 0 aromatic heterocycles. The highest BCUT2D eigenvalue weighted by Gasteiger charge is 2.15. The van der Waals surface area contributed by atoms with Crippen molar-refractivity contribution >= 4 is 25.6 Å². The van der Waals surface area contributed by atoms with Crippen LogP contribution in [-0.4, -0.2) is 28.5 Å². The number of benzene rings is 1. The first kappa shape index (κ1) is 13.8. The van der Waals surface area contributed by atoms with Crippen molar-refractivity contribution in [1.82, 2.24) is 5.32 Å². The normalized spacial score (nSPS) is 11.0. The summed E-state index contributed by atoms with van der Waals surface area (Å²) in [7, 11) is 4.36. The Morgan fingerprint density at radius 1 is 1.47 bits per heavy atom. The van der Waals surface area contributed by atoms with Gasteiger partial charge in [0.2, 0.25) is 5.91 Å². The van der Waals surface area contributed by atoms with E-state index in [1.807, 2.05) is 0 Å². The molecule has 0 unspecified atom stereocenters. The van der Waals surface area contributed by atoms with Crippen LogP contribution in [0.4, 0.5) is 0 Å². The van der Waals surface area contributed by atoms with E-state index in [9.17, 15) is 13.2 Å². The molecule has 0 bridgehead atoms. The number of nitrogens with one attached hydrogen (secondary N) is 1. The van der Waals surface area contributed by atoms with E-state index in [2.05, 4.69) is 5.32 Å². The lowest BCUT2D eigenvalue weighted by Crippen LogP contribution is -2.20. The highest BCUT2D eigenvalue weighted by molar-refractivity contribution is 8.13. The minimum atomic E-state index is -3.81. The van der Waals surface area contributed by atoms with Gasteiger partial charge in [-0.15, -0.1) is 0 Å². The molecule has 17 heavy (non-hydrogen) atoms. The lowest BCUT2D eigenvalue weighted by Gasteiger charge is -2.08. The Morgan fingerprint density at radius 3 is 2.59 bits per heavy atom. The van der Waals surface area contributed by atoms with E-state index in [0.29, 0.717) is 11.3 Å². The smallest absolute Gasteiger partial charge is 0.261 e. The van der Waals surface area contributed by atoms with Crippen molar-refractivity contribution in [2.45, 2.75) is 11.3 Å². The zero-order valence-corrected chi connectivity index (χ0v) is 10.9. The van der Waals surface area contributed by atoms with E-state index in [1.54, 1.807) is 0 Å². The van der Waals surface area contributed by atoms with E-state index in [4.69, 9.17) is 15.4 Å². The topological polar surface area (TPSA) is 72.5 Å². The first-order valence-electron chi connectivity index (χ1n) is 4.70. The fourth-order valence-electron chi connectivity index (χ4n) is 1.31. The average Bonchev–Trinajstić information content (AvgIpc) is 2.27. The summed E-state index contributed by atoms with van der Waals surface area (Å²) in [6.45, 7) is 0. The Kier molecular flexibility index (Phi) is 4.36. The van der Waals surface area contributed by atoms with Crippen molar-refractivity contribution in [3.63, 3.8) is 0 Å². The summed E-state index contributed by atoms with van der Waals surface area (Å²) in [6.07, 6.45) is 0.0277. The van der Waals surface area contributed by atoms with Gasteiger partial charge in [-0.1, -0.05) is 0 Å². The number of likely N-dealkylation sites (N-methyl/N-ethyl adjacent to an activating group) is 1. The minimum Gasteiger partial charge on any atom is -0.496 e. The fraction of sp³-hybridized carbons (Fsp3) is 0.300. The standard InChI is InChI=1S/C10H12ClNO4S/c1-12-10(13)6-7-5-8(17(11,14)15)3-4-9(7)16-2/h3-5H,6H2,1-2H3,(H,12,13). The van der Waals surface area contributed by atoms with Crippen molar-refractivity contribution in [2.24, 2.45) is 0 Å². The molecule has 5 nitrogen and oxygen atoms in total. The molecule has 0 aliphatic heterocycles. The monoisotopic (exact) mass is 277 g/mol. The van der Waals surface area contributed by atoms with Gasteiger partial charge in [-0.05, 0) is 18.2 Å². The third kappa shape index (κ3) is 3.61. The SMILES string of the molecule is CNC(=O)Cc1cc(S(=O)(=O)Cl)ccc1OC. The summed E-state index contributed by atoms with van der Waals surface area (Å²) in [6, 6.07) is 4.12. The maximum absolute atomic E-state index is 11.3. The van der Waals surface area contributed by atoms with E-state index in [0.717, 1.165) is 0 Å². The minimum absolute atomic E-state index is 0.0277. The molecule has 0 aliphatic carbocycles. The molecule has 0 radical (unpaired) electrons. The molecule has 0 saturated carbocycles. The molecule has 0 aliphatic rings. The van der Waals surface area contributed by atoms with Gasteiger partial charge in [-0.3, -0.25) is 4.79 Å². The molecule has 1 amide bonds. The zero-order chi connectivity index (χ0) is 13.1. The van der Waals surface area contributed by atoms with Crippen LogP contribution in [0.2, 0.25) is 0 Å². The first-order chi connectivity index (χ1) is 7.88. The zero-order valence-electron chi connectivity index (χ0n) is 9.36. The number of halogens is 1. The molecule has 1 aromatic rings. The van der Waals surface area contributed by atoms with E-state index in [1.165, 1.54) is 32.4 Å². The van der Waals surface area contributed by atoms with Crippen LogP contribution in [0.5, 0.6) is 5.75 Å². The molecule has 1 aromatic carbocycles. The molecule has 0 spiro atoms. The van der Waals surface area contributed by atoms with Crippen LogP contribution in [0.25, 0.3) is 0 Å². The number of hydrogen-bond acceptors (Lipinski definition) is 4. The number of carbonyl (C=O) groups excluding carboxylic acids is 1. The van der Waals surface area contributed by atoms with Gasteiger partial charge in [0.15, 0.2) is 0 Å². The summed E-state index contributed by atoms with van der Waals surface area (Å²) in [5.74, 6) is 0.199. The van der Waals surface area contributed by atoms with Gasteiger partial charge in [0.25, 0.3) is 9.05 Å². The van der Waals surface area contributed by atoms with Crippen LogP contribution in [0.15, 0.2) is 23.1 Å². The molecule has 1 N–H and O–H groups in total. The van der Waals surface area contributed by atoms with Gasteiger partial charge in [0.1, 0.15) is 5.75 Å². The average molecular weight is 278 g/mol. The van der Waals surface area contributed by atoms with E-state index >= 15 is 0 Å². The molecular weight excluding hydrogens is 266 g/mol. The lowest BCUT2D eigenvalue weighted by atomic mass is 10.1. The summed E-state index contributed by atoms with van der Waals surface area (Å²) >= 11 is 0. The molecular formula is C10H12ClNO4S. The molecule has 0 heterocycles. The summed E-state index contributed by atoms with van der Waals surface area (Å²) in [5.41, 5.74) is 0.466. The Morgan fingerprint density at radius 2 is 2.12 bits per heavy atom. The van der Waals surface area contributed by atoms with Crippen molar-refractivity contribution < 1.29 is 17.9 Å². The third-order valence-electron chi connectivity index (χ3n) is 2.16. The summed E-state index contributed by atoms with van der Waals surface area (Å²) < 4.78 is 27.4. The Bertz CT molecular complexity index is 527. The Hall–Kier alpha value is -1.27. The van der Waals surface area contributed by atoms with Gasteiger partial charge in [-0.25, -0.2) is 8.42 Å². The van der Waals surface area contributed by atoms with Crippen molar-refractivity contribution in [2.75, 3.05) is 14.2 Å². The van der Waals surface area contributed by atoms with E-state index in [-0.39, 0.29) is 17.2 Å². The maximum Gasteiger partial charge on any atom is 0.261 e. The Balaban J connectivity index is 3.20. The van der Waals surface area contributed by atoms with Gasteiger partial charge < -0.3 is 10.1 Å². The second-order valence-electron chi connectivity index (χ2n) is 3.26. The molecule has 7 heteroatoms. The predicted octanol–water partition coefficient (Wildman–Crippen LogP) is 0.911. The second kappa shape index (κ2) is 5.37. The van der Waals surface area contributed by atoms with Gasteiger partial charge in [0.05, 0.1) is 18.4 Å². The summed E-state index contributed by atoms with van der Waals surface area (Å²) in [4.78, 5) is 11.2. The molecule has 0 atom stereocenters. The number of amides is 1. The largest absolute Gasteiger partial charge is 0.496 e. The number of rotatable bonds is 4. The van der Waals surface area contributed by atoms with Gasteiger partial charge >= 0.3 is 0 Å². The lowest BCUT2D eigenvalue weighted by molar-refractivity contribution is -0.119. The molecule has 94 valence electrons. The van der Waals surface area contributed by atoms with Gasteiger partial charge in [-0.2, -0.15) is 0 Å². The number of carbonyl (C=O) groups is 1. The third-order valence-corrected chi connectivity index (χ3v) is 3.51. The number of methoxy groups -OCH3 is 1. The molecule has 1 rings (SSSR count). The Labute approximate surface area is 104 Å². The molecule has 0 saturated heterocycles. The number of ether oxygens (including phenoxy) is 1. The van der Waals surface area contributed by atoms with Gasteiger partial charge in [0, 0.05) is 23.3 Å². The first-order valence-corrected chi connectivity index (χ1v) is 7.01. The number of hydrogen-bond donors (Lipinski definition) is 1. The molecule has 0 fully saturated rings. The van der Waals surface area contributed by atoms with Crippen LogP contribution >= 0.6 is 10.7 Å². The maximum atomic E-state index is 11.3.